The zero-order chi connectivity index (χ0) is 17.7. The molecule has 130 valence electrons. The lowest BCUT2D eigenvalue weighted by molar-refractivity contribution is -0.128. The van der Waals surface area contributed by atoms with Crippen molar-refractivity contribution < 1.29 is 18.8 Å². The van der Waals surface area contributed by atoms with Crippen LogP contribution in [0.3, 0.4) is 0 Å². The van der Waals surface area contributed by atoms with Crippen molar-refractivity contribution >= 4 is 17.7 Å². The minimum Gasteiger partial charge on any atom is -0.354 e. The van der Waals surface area contributed by atoms with E-state index in [0.717, 1.165) is 0 Å². The number of amides is 3. The molecule has 1 saturated heterocycles. The summed E-state index contributed by atoms with van der Waals surface area (Å²) in [6.07, 6.45) is 0.231. The number of carbonyl (C=O) groups is 3. The van der Waals surface area contributed by atoms with Crippen molar-refractivity contribution in [1.82, 2.24) is 15.5 Å². The van der Waals surface area contributed by atoms with Crippen molar-refractivity contribution in [2.45, 2.75) is 20.3 Å². The molecule has 1 heterocycles. The number of nitrogens with zero attached hydrogens (tertiary/aromatic N) is 1. The smallest absolute Gasteiger partial charge is 0.251 e. The maximum absolute atomic E-state index is 13.4. The first kappa shape index (κ1) is 17.9. The number of halogens is 1. The van der Waals surface area contributed by atoms with Gasteiger partial charge in [-0.25, -0.2) is 4.39 Å². The maximum atomic E-state index is 13.4. The topological polar surface area (TPSA) is 78.5 Å². The second-order valence-corrected chi connectivity index (χ2v) is 5.84. The molecule has 2 rings (SSSR count). The molecule has 3 amide bonds. The first-order chi connectivity index (χ1) is 11.4. The van der Waals surface area contributed by atoms with E-state index >= 15 is 0 Å². The molecule has 1 aliphatic heterocycles. The van der Waals surface area contributed by atoms with Gasteiger partial charge in [-0.15, -0.1) is 0 Å². The van der Waals surface area contributed by atoms with Crippen LogP contribution in [-0.2, 0) is 9.59 Å². The van der Waals surface area contributed by atoms with Gasteiger partial charge in [0.1, 0.15) is 5.82 Å². The highest BCUT2D eigenvalue weighted by Crippen LogP contribution is 2.17. The van der Waals surface area contributed by atoms with Crippen LogP contribution in [0.2, 0.25) is 0 Å². The van der Waals surface area contributed by atoms with E-state index in [0.29, 0.717) is 18.7 Å². The largest absolute Gasteiger partial charge is 0.354 e. The highest BCUT2D eigenvalue weighted by atomic mass is 19.1. The van der Waals surface area contributed by atoms with Crippen molar-refractivity contribution in [2.24, 2.45) is 5.92 Å². The Labute approximate surface area is 140 Å². The van der Waals surface area contributed by atoms with Gasteiger partial charge < -0.3 is 15.5 Å². The summed E-state index contributed by atoms with van der Waals surface area (Å²) < 4.78 is 13.4. The minimum atomic E-state index is -0.428. The highest BCUT2D eigenvalue weighted by Gasteiger charge is 2.32. The summed E-state index contributed by atoms with van der Waals surface area (Å²) in [7, 11) is 0. The Morgan fingerprint density at radius 3 is 2.62 bits per heavy atom. The summed E-state index contributed by atoms with van der Waals surface area (Å²) in [4.78, 5) is 37.1. The van der Waals surface area contributed by atoms with Crippen LogP contribution in [0, 0.1) is 18.7 Å². The molecule has 0 bridgehead atoms. The average Bonchev–Trinajstić information content (AvgIpc) is 2.94. The Morgan fingerprint density at radius 1 is 1.29 bits per heavy atom. The number of nitrogens with one attached hydrogen (secondary N) is 2. The molecule has 24 heavy (non-hydrogen) atoms. The van der Waals surface area contributed by atoms with Crippen LogP contribution in [0.4, 0.5) is 4.39 Å². The fourth-order valence-electron chi connectivity index (χ4n) is 2.60. The van der Waals surface area contributed by atoms with Gasteiger partial charge in [0.15, 0.2) is 0 Å². The molecule has 1 atom stereocenters. The van der Waals surface area contributed by atoms with Crippen molar-refractivity contribution in [2.75, 3.05) is 26.2 Å². The van der Waals surface area contributed by atoms with Crippen LogP contribution >= 0.6 is 0 Å². The quantitative estimate of drug-likeness (QED) is 0.757. The number of carbonyl (C=O) groups excluding carboxylic acids is 3. The van der Waals surface area contributed by atoms with Gasteiger partial charge in [0.2, 0.25) is 11.8 Å². The Bertz CT molecular complexity index is 648. The molecule has 0 aliphatic carbocycles. The molecular formula is C17H22FN3O3. The van der Waals surface area contributed by atoms with E-state index in [1.165, 1.54) is 6.07 Å². The fourth-order valence-corrected chi connectivity index (χ4v) is 2.60. The predicted molar refractivity (Wildman–Crippen MR) is 86.8 cm³/mol. The number of hydrogen-bond donors (Lipinski definition) is 2. The Morgan fingerprint density at radius 2 is 2.00 bits per heavy atom. The standard InChI is InChI=1S/C17H22FN3O3/c1-3-21-10-13(9-15(21)22)17(24)20-7-6-19-16(23)12-5-4-11(2)14(18)8-12/h4-5,8,13H,3,6-7,9-10H2,1-2H3,(H,19,23)(H,20,24)/t13-/m1/s1. The predicted octanol–water partition coefficient (Wildman–Crippen LogP) is 0.849. The second kappa shape index (κ2) is 7.90. The Hall–Kier alpha value is -2.44. The van der Waals surface area contributed by atoms with Crippen LogP contribution in [0.1, 0.15) is 29.3 Å². The summed E-state index contributed by atoms with van der Waals surface area (Å²) >= 11 is 0. The monoisotopic (exact) mass is 335 g/mol. The van der Waals surface area contributed by atoms with E-state index < -0.39 is 11.7 Å². The van der Waals surface area contributed by atoms with Crippen LogP contribution in [-0.4, -0.2) is 48.8 Å². The van der Waals surface area contributed by atoms with E-state index in [4.69, 9.17) is 0 Å². The van der Waals surface area contributed by atoms with Gasteiger partial charge in [-0.2, -0.15) is 0 Å². The van der Waals surface area contributed by atoms with Crippen LogP contribution in [0.5, 0.6) is 0 Å². The van der Waals surface area contributed by atoms with Gasteiger partial charge in [0.05, 0.1) is 5.92 Å². The maximum Gasteiger partial charge on any atom is 0.251 e. The van der Waals surface area contributed by atoms with Crippen molar-refractivity contribution in [1.29, 1.82) is 0 Å². The zero-order valence-electron chi connectivity index (χ0n) is 13.9. The number of hydrogen-bond acceptors (Lipinski definition) is 3. The van der Waals surface area contributed by atoms with Gasteiger partial charge in [-0.1, -0.05) is 6.07 Å². The van der Waals surface area contributed by atoms with Gasteiger partial charge >= 0.3 is 0 Å². The number of likely N-dealkylation sites (tertiary alicyclic amines) is 1. The van der Waals surface area contributed by atoms with Crippen LogP contribution in [0.25, 0.3) is 0 Å². The third-order valence-corrected chi connectivity index (χ3v) is 4.11. The molecule has 0 saturated carbocycles. The average molecular weight is 335 g/mol. The van der Waals surface area contributed by atoms with Crippen molar-refractivity contribution in [3.63, 3.8) is 0 Å². The summed E-state index contributed by atoms with van der Waals surface area (Å²) in [5.41, 5.74) is 0.718. The molecule has 0 radical (unpaired) electrons. The zero-order valence-corrected chi connectivity index (χ0v) is 13.9. The molecular weight excluding hydrogens is 313 g/mol. The first-order valence-corrected chi connectivity index (χ1v) is 8.02. The van der Waals surface area contributed by atoms with E-state index in [1.54, 1.807) is 24.0 Å². The highest BCUT2D eigenvalue weighted by molar-refractivity contribution is 5.94. The molecule has 1 aliphatic rings. The van der Waals surface area contributed by atoms with E-state index in [9.17, 15) is 18.8 Å². The molecule has 7 heteroatoms. The SMILES string of the molecule is CCN1C[C@H](C(=O)NCCNC(=O)c2ccc(C)c(F)c2)CC1=O. The third-order valence-electron chi connectivity index (χ3n) is 4.11. The molecule has 6 nitrogen and oxygen atoms in total. The molecule has 2 N–H and O–H groups in total. The molecule has 1 aromatic rings. The lowest BCUT2D eigenvalue weighted by Gasteiger charge is -2.13. The normalized spacial score (nSPS) is 17.0. The number of benzene rings is 1. The van der Waals surface area contributed by atoms with Gasteiger partial charge in [0.25, 0.3) is 5.91 Å². The van der Waals surface area contributed by atoms with E-state index in [-0.39, 0.29) is 42.8 Å². The van der Waals surface area contributed by atoms with Crippen LogP contribution in [0.15, 0.2) is 18.2 Å². The number of aryl methyl sites for hydroxylation is 1. The summed E-state index contributed by atoms with van der Waals surface area (Å²) in [5, 5.41) is 5.33. The van der Waals surface area contributed by atoms with E-state index in [2.05, 4.69) is 10.6 Å². The van der Waals surface area contributed by atoms with Crippen molar-refractivity contribution in [3.8, 4) is 0 Å². The molecule has 0 unspecified atom stereocenters. The molecule has 0 spiro atoms. The molecule has 1 aromatic carbocycles. The first-order valence-electron chi connectivity index (χ1n) is 8.02. The van der Waals surface area contributed by atoms with Gasteiger partial charge in [-0.3, -0.25) is 14.4 Å². The third kappa shape index (κ3) is 4.31. The Balaban J connectivity index is 1.72. The Kier molecular flexibility index (Phi) is 5.89. The minimum absolute atomic E-state index is 0.00708. The fraction of sp³-hybridized carbons (Fsp3) is 0.471. The van der Waals surface area contributed by atoms with E-state index in [1.807, 2.05) is 6.92 Å². The second-order valence-electron chi connectivity index (χ2n) is 5.84. The summed E-state index contributed by atoms with van der Waals surface area (Å²) in [6, 6.07) is 4.28. The van der Waals surface area contributed by atoms with Crippen LogP contribution < -0.4 is 10.6 Å². The number of rotatable bonds is 6. The van der Waals surface area contributed by atoms with Gasteiger partial charge in [-0.05, 0) is 31.5 Å². The summed E-state index contributed by atoms with van der Waals surface area (Å²) in [6.45, 7) is 5.04. The summed E-state index contributed by atoms with van der Waals surface area (Å²) in [5.74, 6) is -1.35. The lowest BCUT2D eigenvalue weighted by Crippen LogP contribution is -2.38. The van der Waals surface area contributed by atoms with Gasteiger partial charge in [0, 0.05) is 38.2 Å². The molecule has 0 aromatic heterocycles. The lowest BCUT2D eigenvalue weighted by atomic mass is 10.1. The van der Waals surface area contributed by atoms with Crippen molar-refractivity contribution in [3.05, 3.63) is 35.1 Å². The molecule has 1 fully saturated rings.